The molecule has 1 saturated heterocycles. The highest BCUT2D eigenvalue weighted by Gasteiger charge is 2.31. The number of aliphatic hydroxyl groups is 1. The first-order valence-electron chi connectivity index (χ1n) is 11.5. The van der Waals surface area contributed by atoms with Crippen LogP contribution in [0.25, 0.3) is 0 Å². The Balaban J connectivity index is 1.54. The predicted molar refractivity (Wildman–Crippen MR) is 119 cm³/mol. The van der Waals surface area contributed by atoms with Gasteiger partial charge in [0.1, 0.15) is 5.76 Å². The first kappa shape index (κ1) is 22.5. The largest absolute Gasteiger partial charge is 0.396 e. The number of carbonyl (C=O) groups excluding carboxylic acids is 2. The summed E-state index contributed by atoms with van der Waals surface area (Å²) in [6.07, 6.45) is 4.58. The van der Waals surface area contributed by atoms with Crippen LogP contribution in [0.15, 0.2) is 34.9 Å². The standard InChI is InChI=1S/C24H32N4O4/c1-28(12-3-13-29)24(31)19-5-2-4-18(14-19)22(17-8-10-25-11-9-17)26-23(30)20-15-21(32-27-20)16-6-7-16/h2,4-5,14-17,22,25,29H,3,6-13H2,1H3,(H,26,30). The lowest BCUT2D eigenvalue weighted by molar-refractivity contribution is 0.0786. The molecule has 8 heteroatoms. The second kappa shape index (κ2) is 10.3. The van der Waals surface area contributed by atoms with Gasteiger partial charge >= 0.3 is 0 Å². The van der Waals surface area contributed by atoms with Crippen LogP contribution in [-0.2, 0) is 0 Å². The number of carbonyl (C=O) groups is 2. The van der Waals surface area contributed by atoms with Crippen molar-refractivity contribution in [1.29, 1.82) is 0 Å². The fraction of sp³-hybridized carbons (Fsp3) is 0.542. The highest BCUT2D eigenvalue weighted by molar-refractivity contribution is 5.94. The lowest BCUT2D eigenvalue weighted by atomic mass is 9.85. The summed E-state index contributed by atoms with van der Waals surface area (Å²) in [5, 5.41) is 19.6. The van der Waals surface area contributed by atoms with E-state index in [2.05, 4.69) is 15.8 Å². The molecular formula is C24H32N4O4. The number of benzene rings is 1. The summed E-state index contributed by atoms with van der Waals surface area (Å²) in [6, 6.07) is 9.04. The van der Waals surface area contributed by atoms with Gasteiger partial charge in [0, 0.05) is 37.7 Å². The van der Waals surface area contributed by atoms with E-state index in [-0.39, 0.29) is 30.4 Å². The number of nitrogens with one attached hydrogen (secondary N) is 2. The molecule has 2 aliphatic rings. The van der Waals surface area contributed by atoms with Crippen LogP contribution >= 0.6 is 0 Å². The van der Waals surface area contributed by atoms with Gasteiger partial charge in [0.25, 0.3) is 11.8 Å². The molecule has 2 fully saturated rings. The van der Waals surface area contributed by atoms with E-state index in [4.69, 9.17) is 9.63 Å². The summed E-state index contributed by atoms with van der Waals surface area (Å²) in [6.45, 7) is 2.33. The molecule has 1 unspecified atom stereocenters. The Morgan fingerprint density at radius 3 is 2.75 bits per heavy atom. The van der Waals surface area contributed by atoms with Gasteiger partial charge < -0.3 is 25.2 Å². The van der Waals surface area contributed by atoms with Crippen molar-refractivity contribution in [1.82, 2.24) is 20.7 Å². The van der Waals surface area contributed by atoms with Crippen molar-refractivity contribution in [2.24, 2.45) is 5.92 Å². The van der Waals surface area contributed by atoms with E-state index in [0.717, 1.165) is 50.1 Å². The van der Waals surface area contributed by atoms with Crippen molar-refractivity contribution >= 4 is 11.8 Å². The number of aromatic nitrogens is 1. The molecule has 1 aliphatic carbocycles. The minimum absolute atomic E-state index is 0.0476. The number of aliphatic hydroxyl groups excluding tert-OH is 1. The highest BCUT2D eigenvalue weighted by atomic mass is 16.5. The molecule has 32 heavy (non-hydrogen) atoms. The van der Waals surface area contributed by atoms with Crippen molar-refractivity contribution in [3.8, 4) is 0 Å². The molecule has 2 aromatic rings. The van der Waals surface area contributed by atoms with Crippen molar-refractivity contribution in [2.75, 3.05) is 33.3 Å². The third kappa shape index (κ3) is 5.37. The van der Waals surface area contributed by atoms with Crippen LogP contribution in [0.2, 0.25) is 0 Å². The molecule has 2 amide bonds. The number of hydrogen-bond donors (Lipinski definition) is 3. The number of hydrogen-bond acceptors (Lipinski definition) is 6. The lowest BCUT2D eigenvalue weighted by Gasteiger charge is -2.32. The van der Waals surface area contributed by atoms with Crippen molar-refractivity contribution in [2.45, 2.75) is 44.1 Å². The van der Waals surface area contributed by atoms with Crippen molar-refractivity contribution in [3.63, 3.8) is 0 Å². The van der Waals surface area contributed by atoms with Gasteiger partial charge in [-0.3, -0.25) is 9.59 Å². The van der Waals surface area contributed by atoms with E-state index in [9.17, 15) is 9.59 Å². The van der Waals surface area contributed by atoms with Crippen LogP contribution in [0.4, 0.5) is 0 Å². The second-order valence-electron chi connectivity index (χ2n) is 8.86. The Labute approximate surface area is 188 Å². The first-order chi connectivity index (χ1) is 15.6. The van der Waals surface area contributed by atoms with Gasteiger partial charge in [0.2, 0.25) is 0 Å². The SMILES string of the molecule is CN(CCCO)C(=O)c1cccc(C(NC(=O)c2cc(C3CC3)on2)C2CCNCC2)c1. The molecule has 172 valence electrons. The maximum Gasteiger partial charge on any atom is 0.273 e. The zero-order valence-corrected chi connectivity index (χ0v) is 18.5. The van der Waals surface area contributed by atoms with E-state index in [1.807, 2.05) is 18.2 Å². The van der Waals surface area contributed by atoms with Crippen LogP contribution in [0, 0.1) is 5.92 Å². The maximum atomic E-state index is 13.0. The Morgan fingerprint density at radius 2 is 2.03 bits per heavy atom. The van der Waals surface area contributed by atoms with Crippen LogP contribution in [0.1, 0.15) is 76.2 Å². The van der Waals surface area contributed by atoms with Gasteiger partial charge in [-0.2, -0.15) is 0 Å². The molecule has 0 bridgehead atoms. The lowest BCUT2D eigenvalue weighted by Crippen LogP contribution is -2.39. The molecule has 1 saturated carbocycles. The molecular weight excluding hydrogens is 408 g/mol. The van der Waals surface area contributed by atoms with Crippen LogP contribution in [0.3, 0.4) is 0 Å². The van der Waals surface area contributed by atoms with Gasteiger partial charge in [-0.05, 0) is 68.8 Å². The Kier molecular flexibility index (Phi) is 7.22. The average Bonchev–Trinajstić information content (AvgIpc) is 3.57. The van der Waals surface area contributed by atoms with Crippen LogP contribution < -0.4 is 10.6 Å². The van der Waals surface area contributed by atoms with Gasteiger partial charge in [-0.25, -0.2) is 0 Å². The molecule has 1 aliphatic heterocycles. The van der Waals surface area contributed by atoms with E-state index in [1.165, 1.54) is 0 Å². The summed E-state index contributed by atoms with van der Waals surface area (Å²) in [5.41, 5.74) is 1.80. The van der Waals surface area contributed by atoms with E-state index < -0.39 is 0 Å². The molecule has 8 nitrogen and oxygen atoms in total. The monoisotopic (exact) mass is 440 g/mol. The number of rotatable bonds is 9. The Hall–Kier alpha value is -2.71. The van der Waals surface area contributed by atoms with Gasteiger partial charge in [-0.1, -0.05) is 17.3 Å². The predicted octanol–water partition coefficient (Wildman–Crippen LogP) is 2.48. The number of piperidine rings is 1. The van der Waals surface area contributed by atoms with Gasteiger partial charge in [-0.15, -0.1) is 0 Å². The molecule has 4 rings (SSSR count). The van der Waals surface area contributed by atoms with E-state index >= 15 is 0 Å². The normalized spacial score (nSPS) is 17.7. The second-order valence-corrected chi connectivity index (χ2v) is 8.86. The molecule has 0 radical (unpaired) electrons. The van der Waals surface area contributed by atoms with Gasteiger partial charge in [0.15, 0.2) is 5.69 Å². The number of amides is 2. The van der Waals surface area contributed by atoms with Gasteiger partial charge in [0.05, 0.1) is 6.04 Å². The Morgan fingerprint density at radius 1 is 1.25 bits per heavy atom. The highest BCUT2D eigenvalue weighted by Crippen LogP contribution is 2.40. The van der Waals surface area contributed by atoms with Crippen LogP contribution in [-0.4, -0.2) is 60.3 Å². The summed E-state index contributed by atoms with van der Waals surface area (Å²) in [7, 11) is 1.73. The van der Waals surface area contributed by atoms with Crippen molar-refractivity contribution < 1.29 is 19.2 Å². The Bertz CT molecular complexity index is 934. The number of nitrogens with zero attached hydrogens (tertiary/aromatic N) is 2. The minimum Gasteiger partial charge on any atom is -0.396 e. The zero-order chi connectivity index (χ0) is 22.5. The minimum atomic E-state index is -0.249. The smallest absolute Gasteiger partial charge is 0.273 e. The van der Waals surface area contributed by atoms with Crippen molar-refractivity contribution in [3.05, 3.63) is 52.9 Å². The van der Waals surface area contributed by atoms with E-state index in [1.54, 1.807) is 24.1 Å². The summed E-state index contributed by atoms with van der Waals surface area (Å²) < 4.78 is 5.36. The van der Waals surface area contributed by atoms with Crippen LogP contribution in [0.5, 0.6) is 0 Å². The fourth-order valence-electron chi connectivity index (χ4n) is 4.32. The summed E-state index contributed by atoms with van der Waals surface area (Å²) in [5.74, 6) is 1.09. The molecule has 1 aromatic heterocycles. The molecule has 3 N–H and O–H groups in total. The molecule has 1 aromatic carbocycles. The topological polar surface area (TPSA) is 108 Å². The first-order valence-corrected chi connectivity index (χ1v) is 11.5. The third-order valence-corrected chi connectivity index (χ3v) is 6.37. The van der Waals surface area contributed by atoms with E-state index in [0.29, 0.717) is 30.1 Å². The maximum absolute atomic E-state index is 13.0. The average molecular weight is 441 g/mol. The molecule has 0 spiro atoms. The third-order valence-electron chi connectivity index (χ3n) is 6.37. The quantitative estimate of drug-likeness (QED) is 0.553. The fourth-order valence-corrected chi connectivity index (χ4v) is 4.32. The zero-order valence-electron chi connectivity index (χ0n) is 18.5. The molecule has 2 heterocycles. The summed E-state index contributed by atoms with van der Waals surface area (Å²) >= 11 is 0. The summed E-state index contributed by atoms with van der Waals surface area (Å²) in [4.78, 5) is 27.5. The molecule has 1 atom stereocenters.